The highest BCUT2D eigenvalue weighted by Crippen LogP contribution is 2.15. The van der Waals surface area contributed by atoms with Crippen LogP contribution in [0.3, 0.4) is 0 Å². The van der Waals surface area contributed by atoms with E-state index in [9.17, 15) is 9.59 Å². The van der Waals surface area contributed by atoms with E-state index in [4.69, 9.17) is 23.2 Å². The molecule has 0 spiro atoms. The Bertz CT molecular complexity index is 788. The van der Waals surface area contributed by atoms with Crippen molar-refractivity contribution in [2.75, 3.05) is 38.0 Å². The third-order valence-corrected chi connectivity index (χ3v) is 4.71. The van der Waals surface area contributed by atoms with Crippen LogP contribution in [0.1, 0.15) is 10.4 Å². The Morgan fingerprint density at radius 2 is 1.62 bits per heavy atom. The van der Waals surface area contributed by atoms with Crippen LogP contribution in [0.4, 0.5) is 5.69 Å². The zero-order chi connectivity index (χ0) is 18.5. The summed E-state index contributed by atoms with van der Waals surface area (Å²) in [5.74, 6) is -0.102. The second-order valence-corrected chi connectivity index (χ2v) is 7.01. The number of hydrogen-bond acceptors (Lipinski definition) is 3. The average molecular weight is 392 g/mol. The van der Waals surface area contributed by atoms with Crippen molar-refractivity contribution >= 4 is 40.7 Å². The van der Waals surface area contributed by atoms with E-state index in [1.54, 1.807) is 53.4 Å². The minimum absolute atomic E-state index is 0.00954. The van der Waals surface area contributed by atoms with E-state index in [0.717, 1.165) is 0 Å². The molecule has 1 fully saturated rings. The van der Waals surface area contributed by atoms with Gasteiger partial charge in [0.1, 0.15) is 0 Å². The van der Waals surface area contributed by atoms with E-state index in [-0.39, 0.29) is 18.4 Å². The van der Waals surface area contributed by atoms with Crippen molar-refractivity contribution in [1.29, 1.82) is 0 Å². The van der Waals surface area contributed by atoms with Crippen LogP contribution in [-0.4, -0.2) is 54.3 Å². The van der Waals surface area contributed by atoms with Crippen LogP contribution in [0.2, 0.25) is 10.0 Å². The highest BCUT2D eigenvalue weighted by Gasteiger charge is 2.23. The van der Waals surface area contributed by atoms with Gasteiger partial charge >= 0.3 is 0 Å². The molecule has 1 saturated heterocycles. The molecule has 7 heteroatoms. The third kappa shape index (κ3) is 4.97. The zero-order valence-electron chi connectivity index (χ0n) is 14.1. The van der Waals surface area contributed by atoms with Crippen LogP contribution >= 0.6 is 23.2 Å². The first-order valence-corrected chi connectivity index (χ1v) is 9.09. The molecule has 0 unspecified atom stereocenters. The van der Waals surface area contributed by atoms with Gasteiger partial charge in [-0.1, -0.05) is 29.3 Å². The van der Waals surface area contributed by atoms with Gasteiger partial charge in [0.15, 0.2) is 0 Å². The van der Waals surface area contributed by atoms with Crippen molar-refractivity contribution in [3.8, 4) is 0 Å². The Morgan fingerprint density at radius 1 is 0.923 bits per heavy atom. The van der Waals surface area contributed by atoms with E-state index in [0.29, 0.717) is 47.5 Å². The fraction of sp³-hybridized carbons (Fsp3) is 0.263. The Labute approximate surface area is 162 Å². The number of nitrogens with zero attached hydrogens (tertiary/aromatic N) is 2. The number of amides is 2. The Kier molecular flexibility index (Phi) is 6.14. The van der Waals surface area contributed by atoms with Crippen molar-refractivity contribution < 1.29 is 9.59 Å². The monoisotopic (exact) mass is 391 g/mol. The summed E-state index contributed by atoms with van der Waals surface area (Å²) in [6.45, 7) is 2.78. The van der Waals surface area contributed by atoms with Gasteiger partial charge in [0.25, 0.3) is 5.91 Å². The maximum Gasteiger partial charge on any atom is 0.253 e. The summed E-state index contributed by atoms with van der Waals surface area (Å²) >= 11 is 11.8. The van der Waals surface area contributed by atoms with E-state index in [1.807, 2.05) is 4.90 Å². The predicted octanol–water partition coefficient (Wildman–Crippen LogP) is 3.39. The van der Waals surface area contributed by atoms with Crippen molar-refractivity contribution in [3.05, 3.63) is 64.1 Å². The maximum atomic E-state index is 12.5. The van der Waals surface area contributed by atoms with Gasteiger partial charge in [-0.15, -0.1) is 0 Å². The normalized spacial score (nSPS) is 14.9. The van der Waals surface area contributed by atoms with Crippen molar-refractivity contribution in [3.63, 3.8) is 0 Å². The quantitative estimate of drug-likeness (QED) is 0.868. The Balaban J connectivity index is 1.48. The summed E-state index contributed by atoms with van der Waals surface area (Å²) in [4.78, 5) is 28.5. The SMILES string of the molecule is O=C(CN1CCN(C(=O)c2ccc(Cl)cc2)CC1)Nc1cccc(Cl)c1. The number of halogens is 2. The van der Waals surface area contributed by atoms with Gasteiger partial charge in [0, 0.05) is 47.5 Å². The second kappa shape index (κ2) is 8.54. The summed E-state index contributed by atoms with van der Waals surface area (Å²) in [6, 6.07) is 13.9. The summed E-state index contributed by atoms with van der Waals surface area (Å²) in [5.41, 5.74) is 1.31. The lowest BCUT2D eigenvalue weighted by Gasteiger charge is -2.34. The van der Waals surface area contributed by atoms with Gasteiger partial charge in [-0.25, -0.2) is 0 Å². The molecule has 1 heterocycles. The van der Waals surface area contributed by atoms with Crippen molar-refractivity contribution in [1.82, 2.24) is 9.80 Å². The molecule has 26 heavy (non-hydrogen) atoms. The number of carbonyl (C=O) groups excluding carboxylic acids is 2. The van der Waals surface area contributed by atoms with Gasteiger partial charge in [0.05, 0.1) is 6.54 Å². The van der Waals surface area contributed by atoms with E-state index >= 15 is 0 Å². The van der Waals surface area contributed by atoms with E-state index in [2.05, 4.69) is 5.32 Å². The first kappa shape index (κ1) is 18.7. The molecular weight excluding hydrogens is 373 g/mol. The maximum absolute atomic E-state index is 12.5. The molecule has 1 aliphatic rings. The van der Waals surface area contributed by atoms with Gasteiger partial charge in [-0.2, -0.15) is 0 Å². The molecule has 0 bridgehead atoms. The molecule has 3 rings (SSSR count). The molecule has 0 radical (unpaired) electrons. The molecule has 2 aromatic rings. The molecule has 136 valence electrons. The lowest BCUT2D eigenvalue weighted by molar-refractivity contribution is -0.117. The fourth-order valence-electron chi connectivity index (χ4n) is 2.85. The standard InChI is InChI=1S/C19H19Cl2N3O2/c20-15-6-4-14(5-7-15)19(26)24-10-8-23(9-11-24)13-18(25)22-17-3-1-2-16(21)12-17/h1-7,12H,8-11,13H2,(H,22,25). The minimum atomic E-state index is -0.0928. The lowest BCUT2D eigenvalue weighted by atomic mass is 10.2. The molecule has 0 saturated carbocycles. The van der Waals surface area contributed by atoms with Crippen LogP contribution in [0.5, 0.6) is 0 Å². The first-order valence-electron chi connectivity index (χ1n) is 8.34. The van der Waals surface area contributed by atoms with Crippen LogP contribution in [0.15, 0.2) is 48.5 Å². The van der Waals surface area contributed by atoms with E-state index < -0.39 is 0 Å². The number of carbonyl (C=O) groups is 2. The van der Waals surface area contributed by atoms with Crippen molar-refractivity contribution in [2.45, 2.75) is 0 Å². The molecule has 1 N–H and O–H groups in total. The van der Waals surface area contributed by atoms with Gasteiger partial charge in [0.2, 0.25) is 5.91 Å². The molecular formula is C19H19Cl2N3O2. The summed E-state index contributed by atoms with van der Waals surface area (Å²) < 4.78 is 0. The average Bonchev–Trinajstić information content (AvgIpc) is 2.62. The van der Waals surface area contributed by atoms with Gasteiger partial charge < -0.3 is 10.2 Å². The Morgan fingerprint density at radius 3 is 2.27 bits per heavy atom. The molecule has 1 aliphatic heterocycles. The summed E-state index contributed by atoms with van der Waals surface area (Å²) in [7, 11) is 0. The Hall–Kier alpha value is -2.08. The molecule has 2 amide bonds. The van der Waals surface area contributed by atoms with Crippen LogP contribution in [0, 0.1) is 0 Å². The molecule has 0 aromatic heterocycles. The van der Waals surface area contributed by atoms with Crippen LogP contribution in [-0.2, 0) is 4.79 Å². The number of benzene rings is 2. The number of nitrogens with one attached hydrogen (secondary N) is 1. The van der Waals surface area contributed by atoms with E-state index in [1.165, 1.54) is 0 Å². The third-order valence-electron chi connectivity index (χ3n) is 4.23. The zero-order valence-corrected chi connectivity index (χ0v) is 15.6. The molecule has 0 atom stereocenters. The topological polar surface area (TPSA) is 52.7 Å². The first-order chi connectivity index (χ1) is 12.5. The fourth-order valence-corrected chi connectivity index (χ4v) is 3.17. The predicted molar refractivity (Wildman–Crippen MR) is 104 cm³/mol. The number of piperazine rings is 1. The largest absolute Gasteiger partial charge is 0.336 e. The van der Waals surface area contributed by atoms with Crippen LogP contribution < -0.4 is 5.32 Å². The minimum Gasteiger partial charge on any atom is -0.336 e. The highest BCUT2D eigenvalue weighted by atomic mass is 35.5. The number of anilines is 1. The number of rotatable bonds is 4. The van der Waals surface area contributed by atoms with Gasteiger partial charge in [-0.3, -0.25) is 14.5 Å². The highest BCUT2D eigenvalue weighted by molar-refractivity contribution is 6.31. The molecule has 0 aliphatic carbocycles. The van der Waals surface area contributed by atoms with Gasteiger partial charge in [-0.05, 0) is 42.5 Å². The van der Waals surface area contributed by atoms with Crippen molar-refractivity contribution in [2.24, 2.45) is 0 Å². The number of hydrogen-bond donors (Lipinski definition) is 1. The molecule has 2 aromatic carbocycles. The lowest BCUT2D eigenvalue weighted by Crippen LogP contribution is -2.50. The second-order valence-electron chi connectivity index (χ2n) is 6.13. The smallest absolute Gasteiger partial charge is 0.253 e. The molecule has 5 nitrogen and oxygen atoms in total. The van der Waals surface area contributed by atoms with Crippen LogP contribution in [0.25, 0.3) is 0 Å². The summed E-state index contributed by atoms with van der Waals surface area (Å²) in [6.07, 6.45) is 0. The summed E-state index contributed by atoms with van der Waals surface area (Å²) in [5, 5.41) is 4.03.